The monoisotopic (exact) mass is 253 g/mol. The molecule has 0 radical (unpaired) electrons. The van der Waals surface area contributed by atoms with Gasteiger partial charge in [-0.25, -0.2) is 4.39 Å². The van der Waals surface area contributed by atoms with E-state index >= 15 is 0 Å². The van der Waals surface area contributed by atoms with Crippen molar-refractivity contribution < 1.29 is 9.13 Å². The summed E-state index contributed by atoms with van der Waals surface area (Å²) in [6.45, 7) is 9.21. The van der Waals surface area contributed by atoms with Gasteiger partial charge in [0.05, 0.1) is 6.10 Å². The van der Waals surface area contributed by atoms with Crippen molar-refractivity contribution in [3.8, 4) is 5.75 Å². The Morgan fingerprint density at radius 1 is 1.28 bits per heavy atom. The predicted molar refractivity (Wildman–Crippen MR) is 73.6 cm³/mol. The fourth-order valence-corrected chi connectivity index (χ4v) is 1.80. The maximum Gasteiger partial charge on any atom is 0.123 e. The van der Waals surface area contributed by atoms with Gasteiger partial charge in [0.15, 0.2) is 0 Å². The summed E-state index contributed by atoms with van der Waals surface area (Å²) in [6, 6.07) is 5.17. The van der Waals surface area contributed by atoms with Crippen molar-refractivity contribution in [2.75, 3.05) is 6.54 Å². The van der Waals surface area contributed by atoms with Gasteiger partial charge in [-0.15, -0.1) is 0 Å². The molecule has 1 aromatic rings. The molecule has 1 N–H and O–H groups in total. The van der Waals surface area contributed by atoms with Gasteiger partial charge in [0.25, 0.3) is 0 Å². The number of aryl methyl sites for hydroxylation is 1. The summed E-state index contributed by atoms with van der Waals surface area (Å²) in [5.41, 5.74) is 0.849. The second-order valence-corrected chi connectivity index (χ2v) is 5.09. The van der Waals surface area contributed by atoms with Gasteiger partial charge >= 0.3 is 0 Å². The van der Waals surface area contributed by atoms with E-state index in [2.05, 4.69) is 26.1 Å². The summed E-state index contributed by atoms with van der Waals surface area (Å²) >= 11 is 0. The normalized spacial score (nSPS) is 12.8. The Morgan fingerprint density at radius 3 is 2.61 bits per heavy atom. The molecule has 0 aliphatic carbocycles. The van der Waals surface area contributed by atoms with E-state index in [0.29, 0.717) is 6.04 Å². The molecule has 0 saturated carbocycles. The fourth-order valence-electron chi connectivity index (χ4n) is 1.80. The molecule has 18 heavy (non-hydrogen) atoms. The van der Waals surface area contributed by atoms with Crippen LogP contribution in [0.25, 0.3) is 0 Å². The number of benzene rings is 1. The molecular formula is C15H24FNO. The van der Waals surface area contributed by atoms with Crippen molar-refractivity contribution >= 4 is 0 Å². The highest BCUT2D eigenvalue weighted by molar-refractivity contribution is 5.32. The summed E-state index contributed by atoms with van der Waals surface area (Å²) in [6.07, 6.45) is 2.24. The quantitative estimate of drug-likeness (QED) is 0.748. The van der Waals surface area contributed by atoms with E-state index in [4.69, 9.17) is 4.74 Å². The maximum absolute atomic E-state index is 12.9. The molecule has 0 saturated heterocycles. The number of halogens is 1. The lowest BCUT2D eigenvalue weighted by Crippen LogP contribution is -2.25. The van der Waals surface area contributed by atoms with Gasteiger partial charge in [-0.2, -0.15) is 0 Å². The highest BCUT2D eigenvalue weighted by atomic mass is 19.1. The molecule has 0 spiro atoms. The smallest absolute Gasteiger partial charge is 0.123 e. The third kappa shape index (κ3) is 5.50. The first-order chi connectivity index (χ1) is 8.49. The molecule has 3 heteroatoms. The molecule has 0 aliphatic heterocycles. The average Bonchev–Trinajstić information content (AvgIpc) is 2.28. The molecule has 0 aromatic heterocycles. The zero-order valence-electron chi connectivity index (χ0n) is 11.8. The molecule has 0 heterocycles. The van der Waals surface area contributed by atoms with Crippen LogP contribution in [0.2, 0.25) is 0 Å². The number of rotatable bonds is 7. The van der Waals surface area contributed by atoms with Crippen LogP contribution in [0.15, 0.2) is 18.2 Å². The fraction of sp³-hybridized carbons (Fsp3) is 0.600. The van der Waals surface area contributed by atoms with Gasteiger partial charge in [-0.05, 0) is 57.0 Å². The highest BCUT2D eigenvalue weighted by Crippen LogP contribution is 2.20. The summed E-state index contributed by atoms with van der Waals surface area (Å²) in [4.78, 5) is 0. The van der Waals surface area contributed by atoms with Gasteiger partial charge in [0.1, 0.15) is 11.6 Å². The van der Waals surface area contributed by atoms with E-state index in [9.17, 15) is 4.39 Å². The molecule has 1 atom stereocenters. The molecule has 0 bridgehead atoms. The molecular weight excluding hydrogens is 229 g/mol. The van der Waals surface area contributed by atoms with E-state index in [-0.39, 0.29) is 11.9 Å². The Balaban J connectivity index is 2.33. The lowest BCUT2D eigenvalue weighted by atomic mass is 10.2. The molecule has 1 unspecified atom stereocenters. The minimum absolute atomic E-state index is 0.156. The van der Waals surface area contributed by atoms with Crippen LogP contribution < -0.4 is 10.1 Å². The summed E-state index contributed by atoms with van der Waals surface area (Å²) in [5.74, 6) is 0.564. The van der Waals surface area contributed by atoms with E-state index in [1.807, 2.05) is 6.92 Å². The minimum Gasteiger partial charge on any atom is -0.490 e. The van der Waals surface area contributed by atoms with Crippen LogP contribution in [0.5, 0.6) is 5.75 Å². The van der Waals surface area contributed by atoms with Crippen LogP contribution in [0.1, 0.15) is 39.2 Å². The van der Waals surface area contributed by atoms with Gasteiger partial charge < -0.3 is 10.1 Å². The Labute approximate surface area is 110 Å². The topological polar surface area (TPSA) is 21.3 Å². The number of ether oxygens (including phenoxy) is 1. The van der Waals surface area contributed by atoms with Crippen molar-refractivity contribution in [3.63, 3.8) is 0 Å². The summed E-state index contributed by atoms with van der Waals surface area (Å²) < 4.78 is 18.8. The van der Waals surface area contributed by atoms with Crippen LogP contribution in [-0.2, 0) is 0 Å². The van der Waals surface area contributed by atoms with Crippen LogP contribution in [0.4, 0.5) is 4.39 Å². The first-order valence-corrected chi connectivity index (χ1v) is 6.65. The van der Waals surface area contributed by atoms with Gasteiger partial charge in [-0.3, -0.25) is 0 Å². The van der Waals surface area contributed by atoms with E-state index in [1.165, 1.54) is 12.1 Å². The highest BCUT2D eigenvalue weighted by Gasteiger charge is 2.07. The molecule has 1 rings (SSSR count). The van der Waals surface area contributed by atoms with E-state index in [1.54, 1.807) is 6.07 Å². The van der Waals surface area contributed by atoms with E-state index < -0.39 is 0 Å². The molecule has 1 aromatic carbocycles. The minimum atomic E-state index is -0.214. The maximum atomic E-state index is 12.9. The Hall–Kier alpha value is -1.09. The number of nitrogens with one attached hydrogen (secondary N) is 1. The third-order valence-electron chi connectivity index (χ3n) is 2.81. The van der Waals surface area contributed by atoms with E-state index in [0.717, 1.165) is 30.7 Å². The van der Waals surface area contributed by atoms with Crippen molar-refractivity contribution in [3.05, 3.63) is 29.6 Å². The van der Waals surface area contributed by atoms with Crippen molar-refractivity contribution in [2.45, 2.75) is 52.7 Å². The Morgan fingerprint density at radius 2 is 2.00 bits per heavy atom. The zero-order chi connectivity index (χ0) is 13.5. The Kier molecular flexibility index (Phi) is 6.13. The average molecular weight is 253 g/mol. The SMILES string of the molecule is Cc1cc(F)ccc1OC(C)CCCNC(C)C. The molecule has 0 amide bonds. The van der Waals surface area contributed by atoms with Crippen LogP contribution in [0, 0.1) is 12.7 Å². The predicted octanol–water partition coefficient (Wildman–Crippen LogP) is 3.68. The van der Waals surface area contributed by atoms with Crippen LogP contribution >= 0.6 is 0 Å². The first kappa shape index (κ1) is 15.0. The third-order valence-corrected chi connectivity index (χ3v) is 2.81. The standard InChI is InChI=1S/C15H24FNO/c1-11(2)17-9-5-6-13(4)18-15-8-7-14(16)10-12(15)3/h7-8,10-11,13,17H,5-6,9H2,1-4H3. The van der Waals surface area contributed by atoms with Crippen molar-refractivity contribution in [2.24, 2.45) is 0 Å². The molecule has 2 nitrogen and oxygen atoms in total. The largest absolute Gasteiger partial charge is 0.490 e. The number of hydrogen-bond acceptors (Lipinski definition) is 2. The second kappa shape index (κ2) is 7.37. The lowest BCUT2D eigenvalue weighted by Gasteiger charge is -2.17. The molecule has 0 fully saturated rings. The second-order valence-electron chi connectivity index (χ2n) is 5.09. The van der Waals surface area contributed by atoms with Crippen LogP contribution in [-0.4, -0.2) is 18.7 Å². The number of hydrogen-bond donors (Lipinski definition) is 1. The van der Waals surface area contributed by atoms with Gasteiger partial charge in [0.2, 0.25) is 0 Å². The summed E-state index contributed by atoms with van der Waals surface area (Å²) in [5, 5.41) is 3.38. The first-order valence-electron chi connectivity index (χ1n) is 6.65. The van der Waals surface area contributed by atoms with Gasteiger partial charge in [0, 0.05) is 6.04 Å². The Bertz CT molecular complexity index is 366. The van der Waals surface area contributed by atoms with Crippen molar-refractivity contribution in [1.82, 2.24) is 5.32 Å². The summed E-state index contributed by atoms with van der Waals surface area (Å²) in [7, 11) is 0. The van der Waals surface area contributed by atoms with Crippen molar-refractivity contribution in [1.29, 1.82) is 0 Å². The van der Waals surface area contributed by atoms with Gasteiger partial charge in [-0.1, -0.05) is 13.8 Å². The molecule has 102 valence electrons. The lowest BCUT2D eigenvalue weighted by molar-refractivity contribution is 0.205. The van der Waals surface area contributed by atoms with Crippen LogP contribution in [0.3, 0.4) is 0 Å². The zero-order valence-corrected chi connectivity index (χ0v) is 11.8. The molecule has 0 aliphatic rings.